The maximum atomic E-state index is 11.6. The van der Waals surface area contributed by atoms with Crippen LogP contribution in [0.4, 0.5) is 5.69 Å². The maximum Gasteiger partial charge on any atom is 0.229 e. The van der Waals surface area contributed by atoms with E-state index >= 15 is 0 Å². The van der Waals surface area contributed by atoms with Crippen molar-refractivity contribution in [1.82, 2.24) is 4.90 Å². The summed E-state index contributed by atoms with van der Waals surface area (Å²) in [6.45, 7) is 2.20. The molecule has 1 aromatic rings. The number of piperidine rings is 1. The molecule has 1 saturated heterocycles. The summed E-state index contributed by atoms with van der Waals surface area (Å²) in [6.07, 6.45) is 13.5. The number of benzene rings is 1. The Kier molecular flexibility index (Phi) is 5.97. The van der Waals surface area contributed by atoms with E-state index in [0.29, 0.717) is 11.7 Å². The first kappa shape index (κ1) is 21.1. The molecule has 0 spiro atoms. The molecule has 0 radical (unpaired) electrons. The fraction of sp³-hybridized carbons (Fsp3) is 0.739. The first-order chi connectivity index (χ1) is 13.8. The molecule has 2 N–H and O–H groups in total. The molecule has 0 aromatic heterocycles. The highest BCUT2D eigenvalue weighted by molar-refractivity contribution is 7.92. The fourth-order valence-corrected chi connectivity index (χ4v) is 6.69. The van der Waals surface area contributed by atoms with E-state index in [9.17, 15) is 13.5 Å². The highest BCUT2D eigenvalue weighted by atomic mass is 32.2. The second-order valence-electron chi connectivity index (χ2n) is 9.81. The van der Waals surface area contributed by atoms with E-state index in [-0.39, 0.29) is 11.0 Å². The molecule has 3 aliphatic rings. The zero-order valence-electron chi connectivity index (χ0n) is 17.7. The van der Waals surface area contributed by atoms with E-state index in [1.165, 1.54) is 50.3 Å². The van der Waals surface area contributed by atoms with Gasteiger partial charge in [-0.05, 0) is 87.6 Å². The SMILES string of the molecule is CS(=O)(=O)Nc1cccc(C23CCCC(C2)N(CCCC2(O)CCCC2)CC3)c1. The van der Waals surface area contributed by atoms with Crippen molar-refractivity contribution in [2.24, 2.45) is 0 Å². The van der Waals surface area contributed by atoms with Crippen LogP contribution in [0.2, 0.25) is 0 Å². The zero-order chi connectivity index (χ0) is 20.5. The smallest absolute Gasteiger partial charge is 0.229 e. The van der Waals surface area contributed by atoms with E-state index in [2.05, 4.69) is 21.8 Å². The minimum atomic E-state index is -3.26. The van der Waals surface area contributed by atoms with Gasteiger partial charge in [-0.15, -0.1) is 0 Å². The topological polar surface area (TPSA) is 69.6 Å². The molecule has 6 heteroatoms. The molecule has 2 atom stereocenters. The number of nitrogens with zero attached hydrogens (tertiary/aromatic N) is 1. The summed E-state index contributed by atoms with van der Waals surface area (Å²) in [4.78, 5) is 2.66. The number of anilines is 1. The normalized spacial score (nSPS) is 29.7. The van der Waals surface area contributed by atoms with Crippen molar-refractivity contribution in [3.63, 3.8) is 0 Å². The predicted octanol–water partition coefficient (Wildman–Crippen LogP) is 4.03. The number of sulfonamides is 1. The van der Waals surface area contributed by atoms with Gasteiger partial charge in [0.1, 0.15) is 0 Å². The van der Waals surface area contributed by atoms with Gasteiger partial charge in [-0.3, -0.25) is 4.72 Å². The van der Waals surface area contributed by atoms with Crippen LogP contribution in [-0.4, -0.2) is 49.4 Å². The van der Waals surface area contributed by atoms with Crippen LogP contribution < -0.4 is 4.72 Å². The summed E-state index contributed by atoms with van der Waals surface area (Å²) in [7, 11) is -3.26. The largest absolute Gasteiger partial charge is 0.390 e. The molecule has 29 heavy (non-hydrogen) atoms. The molecule has 4 rings (SSSR count). The van der Waals surface area contributed by atoms with Crippen molar-refractivity contribution in [3.8, 4) is 0 Å². The molecule has 0 amide bonds. The van der Waals surface area contributed by atoms with Crippen LogP contribution in [0, 0.1) is 0 Å². The van der Waals surface area contributed by atoms with Gasteiger partial charge in [-0.2, -0.15) is 0 Å². The molecule has 162 valence electrons. The van der Waals surface area contributed by atoms with Crippen LogP contribution in [0.1, 0.15) is 76.2 Å². The third kappa shape index (κ3) is 4.97. The number of aliphatic hydroxyl groups is 1. The molecule has 1 heterocycles. The van der Waals surface area contributed by atoms with Gasteiger partial charge < -0.3 is 10.0 Å². The molecule has 3 fully saturated rings. The van der Waals surface area contributed by atoms with Crippen LogP contribution in [0.25, 0.3) is 0 Å². The van der Waals surface area contributed by atoms with E-state index in [0.717, 1.165) is 45.2 Å². The van der Waals surface area contributed by atoms with Crippen molar-refractivity contribution >= 4 is 15.7 Å². The van der Waals surface area contributed by atoms with Crippen LogP contribution in [0.5, 0.6) is 0 Å². The summed E-state index contributed by atoms with van der Waals surface area (Å²) in [5.74, 6) is 0. The molecule has 2 saturated carbocycles. The van der Waals surface area contributed by atoms with Crippen molar-refractivity contribution in [2.75, 3.05) is 24.1 Å². The number of hydrogen-bond acceptors (Lipinski definition) is 4. The minimum Gasteiger partial charge on any atom is -0.390 e. The molecular formula is C23H36N2O3S. The Morgan fingerprint density at radius 3 is 2.72 bits per heavy atom. The van der Waals surface area contributed by atoms with Crippen molar-refractivity contribution in [2.45, 2.75) is 87.7 Å². The van der Waals surface area contributed by atoms with Gasteiger partial charge in [0.15, 0.2) is 0 Å². The first-order valence-electron chi connectivity index (χ1n) is 11.3. The number of hydrogen-bond donors (Lipinski definition) is 2. The summed E-state index contributed by atoms with van der Waals surface area (Å²) < 4.78 is 25.9. The highest BCUT2D eigenvalue weighted by Gasteiger charge is 2.43. The number of nitrogens with one attached hydrogen (secondary N) is 1. The van der Waals surface area contributed by atoms with Crippen molar-refractivity contribution in [1.29, 1.82) is 0 Å². The second kappa shape index (κ2) is 8.20. The first-order valence-corrected chi connectivity index (χ1v) is 13.2. The molecule has 2 aliphatic carbocycles. The lowest BCUT2D eigenvalue weighted by atomic mass is 9.63. The molecule has 2 unspecified atom stereocenters. The Bertz CT molecular complexity index is 819. The number of rotatable bonds is 7. The van der Waals surface area contributed by atoms with E-state index < -0.39 is 10.0 Å². The summed E-state index contributed by atoms with van der Waals surface area (Å²) in [6, 6.07) is 8.66. The molecular weight excluding hydrogens is 384 g/mol. The van der Waals surface area contributed by atoms with E-state index in [1.807, 2.05) is 12.1 Å². The lowest BCUT2D eigenvalue weighted by molar-refractivity contribution is 0.0198. The van der Waals surface area contributed by atoms with Gasteiger partial charge in [0, 0.05) is 11.7 Å². The predicted molar refractivity (Wildman–Crippen MR) is 118 cm³/mol. The van der Waals surface area contributed by atoms with Crippen molar-refractivity contribution < 1.29 is 13.5 Å². The Hall–Kier alpha value is -1.11. The maximum absolute atomic E-state index is 11.6. The standard InChI is InChI=1S/C23H36N2O3S/c1-29(27,28)24-20-8-4-7-19(17-20)22-10-5-9-21(18-22)25(16-14-22)15-6-13-23(26)11-2-3-12-23/h4,7-8,17,21,24,26H,2-3,5-6,9-16,18H2,1H3. The Labute approximate surface area is 175 Å². The number of likely N-dealkylation sites (tertiary alicyclic amines) is 1. The summed E-state index contributed by atoms with van der Waals surface area (Å²) >= 11 is 0. The van der Waals surface area contributed by atoms with E-state index in [1.54, 1.807) is 0 Å². The van der Waals surface area contributed by atoms with Crippen LogP contribution in [0.3, 0.4) is 0 Å². The van der Waals surface area contributed by atoms with Gasteiger partial charge in [0.2, 0.25) is 10.0 Å². The van der Waals surface area contributed by atoms with Crippen molar-refractivity contribution in [3.05, 3.63) is 29.8 Å². The van der Waals surface area contributed by atoms with Crippen LogP contribution in [0.15, 0.2) is 24.3 Å². The fourth-order valence-electron chi connectivity index (χ4n) is 6.13. The molecule has 5 nitrogen and oxygen atoms in total. The number of fused-ring (bicyclic) bond motifs is 2. The Balaban J connectivity index is 1.40. The lowest BCUT2D eigenvalue weighted by Crippen LogP contribution is -2.52. The molecule has 2 bridgehead atoms. The summed E-state index contributed by atoms with van der Waals surface area (Å²) in [5, 5.41) is 10.6. The van der Waals surface area contributed by atoms with E-state index in [4.69, 9.17) is 0 Å². The monoisotopic (exact) mass is 420 g/mol. The average molecular weight is 421 g/mol. The van der Waals surface area contributed by atoms with Gasteiger partial charge >= 0.3 is 0 Å². The Morgan fingerprint density at radius 1 is 1.17 bits per heavy atom. The van der Waals surface area contributed by atoms with Gasteiger partial charge in [0.25, 0.3) is 0 Å². The third-order valence-corrected chi connectivity index (χ3v) is 8.22. The Morgan fingerprint density at radius 2 is 1.97 bits per heavy atom. The zero-order valence-corrected chi connectivity index (χ0v) is 18.5. The van der Waals surface area contributed by atoms with Crippen LogP contribution >= 0.6 is 0 Å². The lowest BCUT2D eigenvalue weighted by Gasteiger charge is -2.51. The van der Waals surface area contributed by atoms with Gasteiger partial charge in [-0.1, -0.05) is 31.4 Å². The summed E-state index contributed by atoms with van der Waals surface area (Å²) in [5.41, 5.74) is 1.75. The average Bonchev–Trinajstić information content (AvgIpc) is 3.09. The minimum absolute atomic E-state index is 0.179. The quantitative estimate of drug-likeness (QED) is 0.699. The molecule has 1 aromatic carbocycles. The van der Waals surface area contributed by atoms with Crippen LogP contribution in [-0.2, 0) is 15.4 Å². The highest BCUT2D eigenvalue weighted by Crippen LogP contribution is 2.47. The van der Waals surface area contributed by atoms with Gasteiger partial charge in [-0.25, -0.2) is 8.42 Å². The van der Waals surface area contributed by atoms with Gasteiger partial charge in [0.05, 0.1) is 11.9 Å². The molecule has 1 aliphatic heterocycles. The second-order valence-corrected chi connectivity index (χ2v) is 11.6. The third-order valence-electron chi connectivity index (χ3n) is 7.61.